The normalized spacial score (nSPS) is 27.0. The van der Waals surface area contributed by atoms with E-state index in [-0.39, 0.29) is 17.7 Å². The molecular formula is C10H17NO2S. The second kappa shape index (κ2) is 4.81. The molecule has 1 saturated heterocycles. The van der Waals surface area contributed by atoms with Gasteiger partial charge in [0.1, 0.15) is 0 Å². The Morgan fingerprint density at radius 1 is 1.64 bits per heavy atom. The molecule has 0 aromatic rings. The van der Waals surface area contributed by atoms with Crippen molar-refractivity contribution in [3.05, 3.63) is 0 Å². The Morgan fingerprint density at radius 2 is 2.36 bits per heavy atom. The summed E-state index contributed by atoms with van der Waals surface area (Å²) >= 11 is 0. The Kier molecular flexibility index (Phi) is 3.97. The molecule has 1 aliphatic heterocycles. The van der Waals surface area contributed by atoms with Gasteiger partial charge in [-0.2, -0.15) is 0 Å². The average Bonchev–Trinajstić information content (AvgIpc) is 2.48. The van der Waals surface area contributed by atoms with Crippen LogP contribution >= 0.6 is 0 Å². The number of terminal acetylenes is 1. The molecule has 0 bridgehead atoms. The van der Waals surface area contributed by atoms with E-state index in [2.05, 4.69) is 18.2 Å². The summed E-state index contributed by atoms with van der Waals surface area (Å²) in [6.07, 6.45) is 7.09. The van der Waals surface area contributed by atoms with Crippen molar-refractivity contribution in [2.75, 3.05) is 18.1 Å². The SMILES string of the molecule is C#CC(NCCC)C1CCS(=O)(=O)C1. The topological polar surface area (TPSA) is 46.2 Å². The Hall–Kier alpha value is -0.530. The van der Waals surface area contributed by atoms with Gasteiger partial charge in [0.25, 0.3) is 0 Å². The fourth-order valence-corrected chi connectivity index (χ4v) is 3.59. The van der Waals surface area contributed by atoms with E-state index in [1.165, 1.54) is 0 Å². The van der Waals surface area contributed by atoms with Gasteiger partial charge in [-0.05, 0) is 19.4 Å². The molecule has 0 aliphatic carbocycles. The minimum Gasteiger partial charge on any atom is -0.303 e. The summed E-state index contributed by atoms with van der Waals surface area (Å²) in [5.74, 6) is 3.29. The highest BCUT2D eigenvalue weighted by Gasteiger charge is 2.32. The fraction of sp³-hybridized carbons (Fsp3) is 0.800. The van der Waals surface area contributed by atoms with Gasteiger partial charge in [0.2, 0.25) is 0 Å². The largest absolute Gasteiger partial charge is 0.303 e. The van der Waals surface area contributed by atoms with Crippen LogP contribution in [0.4, 0.5) is 0 Å². The van der Waals surface area contributed by atoms with Crippen molar-refractivity contribution >= 4 is 9.84 Å². The summed E-state index contributed by atoms with van der Waals surface area (Å²) < 4.78 is 22.5. The van der Waals surface area contributed by atoms with Gasteiger partial charge in [-0.15, -0.1) is 6.42 Å². The lowest BCUT2D eigenvalue weighted by Gasteiger charge is -2.17. The van der Waals surface area contributed by atoms with E-state index in [0.717, 1.165) is 13.0 Å². The van der Waals surface area contributed by atoms with E-state index in [0.29, 0.717) is 12.2 Å². The zero-order chi connectivity index (χ0) is 10.6. The van der Waals surface area contributed by atoms with Gasteiger partial charge in [0, 0.05) is 5.92 Å². The van der Waals surface area contributed by atoms with Crippen molar-refractivity contribution in [2.45, 2.75) is 25.8 Å². The van der Waals surface area contributed by atoms with Crippen molar-refractivity contribution in [1.29, 1.82) is 0 Å². The molecular weight excluding hydrogens is 198 g/mol. The molecule has 0 aromatic carbocycles. The molecule has 0 spiro atoms. The second-order valence-corrected chi connectivity index (χ2v) is 5.99. The molecule has 0 saturated carbocycles. The summed E-state index contributed by atoms with van der Waals surface area (Å²) in [5.41, 5.74) is 0. The first-order valence-electron chi connectivity index (χ1n) is 4.99. The molecule has 1 rings (SSSR count). The van der Waals surface area contributed by atoms with Crippen LogP contribution in [-0.4, -0.2) is 32.5 Å². The Balaban J connectivity index is 2.52. The van der Waals surface area contributed by atoms with E-state index in [4.69, 9.17) is 6.42 Å². The number of rotatable bonds is 4. The predicted octanol–water partition coefficient (Wildman–Crippen LogP) is 0.422. The van der Waals surface area contributed by atoms with Gasteiger partial charge in [-0.3, -0.25) is 0 Å². The summed E-state index contributed by atoms with van der Waals surface area (Å²) in [5, 5.41) is 3.20. The fourth-order valence-electron chi connectivity index (χ4n) is 1.75. The van der Waals surface area contributed by atoms with Gasteiger partial charge in [0.05, 0.1) is 17.5 Å². The van der Waals surface area contributed by atoms with Gasteiger partial charge in [-0.25, -0.2) is 8.42 Å². The van der Waals surface area contributed by atoms with E-state index >= 15 is 0 Å². The number of nitrogens with one attached hydrogen (secondary N) is 1. The van der Waals surface area contributed by atoms with E-state index in [1.54, 1.807) is 0 Å². The van der Waals surface area contributed by atoms with Crippen molar-refractivity contribution < 1.29 is 8.42 Å². The van der Waals surface area contributed by atoms with E-state index in [1.807, 2.05) is 0 Å². The van der Waals surface area contributed by atoms with Crippen LogP contribution in [-0.2, 0) is 9.84 Å². The molecule has 1 fully saturated rings. The number of hydrogen-bond acceptors (Lipinski definition) is 3. The summed E-state index contributed by atoms with van der Waals surface area (Å²) in [4.78, 5) is 0. The van der Waals surface area contributed by atoms with Crippen molar-refractivity contribution in [3.63, 3.8) is 0 Å². The summed E-state index contributed by atoms with van der Waals surface area (Å²) in [6.45, 7) is 2.91. The third-order valence-electron chi connectivity index (χ3n) is 2.53. The maximum Gasteiger partial charge on any atom is 0.150 e. The Bertz CT molecular complexity index is 316. The van der Waals surface area contributed by atoms with Gasteiger partial charge < -0.3 is 5.32 Å². The third kappa shape index (κ3) is 3.00. The molecule has 1 heterocycles. The lowest BCUT2D eigenvalue weighted by molar-refractivity contribution is 0.452. The van der Waals surface area contributed by atoms with Crippen LogP contribution in [0.5, 0.6) is 0 Å². The zero-order valence-electron chi connectivity index (χ0n) is 8.49. The Labute approximate surface area is 86.2 Å². The predicted molar refractivity (Wildman–Crippen MR) is 57.7 cm³/mol. The first-order valence-corrected chi connectivity index (χ1v) is 6.81. The van der Waals surface area contributed by atoms with Crippen molar-refractivity contribution in [3.8, 4) is 12.3 Å². The van der Waals surface area contributed by atoms with Crippen molar-refractivity contribution in [2.24, 2.45) is 5.92 Å². The molecule has 14 heavy (non-hydrogen) atoms. The second-order valence-electron chi connectivity index (χ2n) is 3.76. The first kappa shape index (κ1) is 11.5. The molecule has 0 amide bonds. The van der Waals surface area contributed by atoms with Crippen LogP contribution in [0.1, 0.15) is 19.8 Å². The van der Waals surface area contributed by atoms with Crippen molar-refractivity contribution in [1.82, 2.24) is 5.32 Å². The zero-order valence-corrected chi connectivity index (χ0v) is 9.31. The highest BCUT2D eigenvalue weighted by atomic mass is 32.2. The van der Waals surface area contributed by atoms with Gasteiger partial charge in [0.15, 0.2) is 9.84 Å². The number of sulfone groups is 1. The van der Waals surface area contributed by atoms with Crippen LogP contribution in [0.2, 0.25) is 0 Å². The van der Waals surface area contributed by atoms with E-state index in [9.17, 15) is 8.42 Å². The molecule has 0 aromatic heterocycles. The van der Waals surface area contributed by atoms with Crippen LogP contribution in [0.15, 0.2) is 0 Å². The average molecular weight is 215 g/mol. The minimum atomic E-state index is -2.81. The molecule has 80 valence electrons. The van der Waals surface area contributed by atoms with E-state index < -0.39 is 9.84 Å². The third-order valence-corrected chi connectivity index (χ3v) is 4.33. The highest BCUT2D eigenvalue weighted by molar-refractivity contribution is 7.91. The summed E-state index contributed by atoms with van der Waals surface area (Å²) in [7, 11) is -2.81. The molecule has 2 atom stereocenters. The smallest absolute Gasteiger partial charge is 0.150 e. The lowest BCUT2D eigenvalue weighted by Crippen LogP contribution is -2.36. The molecule has 3 nitrogen and oxygen atoms in total. The monoisotopic (exact) mass is 215 g/mol. The first-order chi connectivity index (χ1) is 6.59. The molecule has 2 unspecified atom stereocenters. The van der Waals surface area contributed by atoms with Gasteiger partial charge >= 0.3 is 0 Å². The molecule has 1 N–H and O–H groups in total. The molecule has 0 radical (unpaired) electrons. The van der Waals surface area contributed by atoms with Crippen LogP contribution in [0.3, 0.4) is 0 Å². The lowest BCUT2D eigenvalue weighted by atomic mass is 10.00. The maximum atomic E-state index is 11.2. The number of hydrogen-bond donors (Lipinski definition) is 1. The highest BCUT2D eigenvalue weighted by Crippen LogP contribution is 2.21. The molecule has 1 aliphatic rings. The maximum absolute atomic E-state index is 11.2. The van der Waals surface area contributed by atoms with Gasteiger partial charge in [-0.1, -0.05) is 12.8 Å². The Morgan fingerprint density at radius 3 is 2.79 bits per heavy atom. The molecule has 4 heteroatoms. The quantitative estimate of drug-likeness (QED) is 0.691. The standard InChI is InChI=1S/C10H17NO2S/c1-3-6-11-10(4-2)9-5-7-14(12,13)8-9/h2,9-11H,3,5-8H2,1H3. The van der Waals surface area contributed by atoms with Crippen LogP contribution in [0, 0.1) is 18.3 Å². The van der Waals surface area contributed by atoms with Crippen LogP contribution in [0.25, 0.3) is 0 Å². The minimum absolute atomic E-state index is 0.0766. The summed E-state index contributed by atoms with van der Waals surface area (Å²) in [6, 6.07) is -0.0766. The van der Waals surface area contributed by atoms with Crippen LogP contribution < -0.4 is 5.32 Å².